The van der Waals surface area contributed by atoms with Gasteiger partial charge >= 0.3 is 0 Å². The van der Waals surface area contributed by atoms with E-state index in [9.17, 15) is 4.79 Å². The Morgan fingerprint density at radius 1 is 1.12 bits per heavy atom. The van der Waals surface area contributed by atoms with Crippen molar-refractivity contribution >= 4 is 28.5 Å². The van der Waals surface area contributed by atoms with Crippen molar-refractivity contribution in [2.75, 3.05) is 0 Å². The van der Waals surface area contributed by atoms with E-state index in [-0.39, 0.29) is 5.92 Å². The molecule has 0 atom stereocenters. The smallest absolute Gasteiger partial charge is 0.196 e. The Balaban J connectivity index is 1.93. The molecule has 16 heavy (non-hydrogen) atoms. The van der Waals surface area contributed by atoms with E-state index in [1.54, 1.807) is 0 Å². The molecule has 1 fully saturated rings. The summed E-state index contributed by atoms with van der Waals surface area (Å²) in [5, 5.41) is 1.04. The summed E-state index contributed by atoms with van der Waals surface area (Å²) in [5.41, 5.74) is 0. The summed E-state index contributed by atoms with van der Waals surface area (Å²) in [5.74, 6) is 0.273. The van der Waals surface area contributed by atoms with Crippen LogP contribution in [0.4, 0.5) is 0 Å². The first kappa shape index (κ1) is 12.0. The van der Waals surface area contributed by atoms with Crippen LogP contribution in [0.5, 0.6) is 0 Å². The minimum atomic E-state index is 0.273. The summed E-state index contributed by atoms with van der Waals surface area (Å²) in [6, 6.07) is 7.48. The highest BCUT2D eigenvalue weighted by Crippen LogP contribution is 2.31. The minimum absolute atomic E-state index is 0.273. The average molecular weight is 255 g/mol. The maximum absolute atomic E-state index is 12.0. The minimum Gasteiger partial charge on any atom is -0.287 e. The van der Waals surface area contributed by atoms with Crippen molar-refractivity contribution in [2.24, 2.45) is 5.92 Å². The highest BCUT2D eigenvalue weighted by atomic mass is 35.5. The molecule has 2 rings (SSSR count). The number of thioether (sulfide) groups is 1. The van der Waals surface area contributed by atoms with Crippen LogP contribution in [0.15, 0.2) is 29.2 Å². The third-order valence-electron chi connectivity index (χ3n) is 2.97. The molecule has 0 spiro atoms. The molecule has 0 saturated heterocycles. The molecule has 1 saturated carbocycles. The molecule has 86 valence electrons. The van der Waals surface area contributed by atoms with E-state index < -0.39 is 0 Å². The summed E-state index contributed by atoms with van der Waals surface area (Å²) in [4.78, 5) is 13.0. The standard InChI is InChI=1S/C13H15ClOS/c14-11-6-8-12(9-7-11)16-13(15)10-4-2-1-3-5-10/h6-10H,1-5H2. The molecule has 0 heterocycles. The van der Waals surface area contributed by atoms with Crippen LogP contribution in [0.25, 0.3) is 0 Å². The maximum Gasteiger partial charge on any atom is 0.196 e. The second-order valence-corrected chi connectivity index (χ2v) is 5.72. The lowest BCUT2D eigenvalue weighted by Crippen LogP contribution is -2.14. The molecule has 0 aliphatic heterocycles. The molecule has 1 aliphatic carbocycles. The SMILES string of the molecule is O=C(Sc1ccc(Cl)cc1)C1CCCCC1. The van der Waals surface area contributed by atoms with Gasteiger partial charge in [-0.15, -0.1) is 0 Å². The molecule has 1 aromatic carbocycles. The van der Waals surface area contributed by atoms with Crippen LogP contribution in [0.3, 0.4) is 0 Å². The van der Waals surface area contributed by atoms with E-state index in [4.69, 9.17) is 11.6 Å². The van der Waals surface area contributed by atoms with Crippen LogP contribution in [0.2, 0.25) is 5.02 Å². The van der Waals surface area contributed by atoms with Crippen molar-refractivity contribution in [3.05, 3.63) is 29.3 Å². The second kappa shape index (κ2) is 5.74. The number of carbonyl (C=O) groups excluding carboxylic acids is 1. The Bertz CT molecular complexity index is 355. The topological polar surface area (TPSA) is 17.1 Å². The van der Waals surface area contributed by atoms with Gasteiger partial charge in [0.1, 0.15) is 0 Å². The Hall–Kier alpha value is -0.470. The second-order valence-electron chi connectivity index (χ2n) is 4.21. The van der Waals surface area contributed by atoms with Crippen molar-refractivity contribution in [1.82, 2.24) is 0 Å². The fourth-order valence-electron chi connectivity index (χ4n) is 2.04. The highest BCUT2D eigenvalue weighted by molar-refractivity contribution is 8.13. The molecular weight excluding hydrogens is 240 g/mol. The highest BCUT2D eigenvalue weighted by Gasteiger charge is 2.21. The van der Waals surface area contributed by atoms with Gasteiger partial charge in [0.2, 0.25) is 0 Å². The molecule has 0 radical (unpaired) electrons. The average Bonchev–Trinajstić information content (AvgIpc) is 2.33. The lowest BCUT2D eigenvalue weighted by molar-refractivity contribution is -0.115. The van der Waals surface area contributed by atoms with E-state index in [0.29, 0.717) is 5.12 Å². The fraction of sp³-hybridized carbons (Fsp3) is 0.462. The van der Waals surface area contributed by atoms with Crippen molar-refractivity contribution < 1.29 is 4.79 Å². The third-order valence-corrected chi connectivity index (χ3v) is 4.26. The van der Waals surface area contributed by atoms with Crippen LogP contribution >= 0.6 is 23.4 Å². The molecule has 0 aromatic heterocycles. The lowest BCUT2D eigenvalue weighted by Gasteiger charge is -2.19. The summed E-state index contributed by atoms with van der Waals surface area (Å²) < 4.78 is 0. The van der Waals surface area contributed by atoms with Crippen molar-refractivity contribution in [2.45, 2.75) is 37.0 Å². The third kappa shape index (κ3) is 3.26. The molecule has 1 aliphatic rings. The lowest BCUT2D eigenvalue weighted by atomic mass is 9.90. The number of rotatable bonds is 2. The van der Waals surface area contributed by atoms with Gasteiger partial charge in [-0.25, -0.2) is 0 Å². The maximum atomic E-state index is 12.0. The van der Waals surface area contributed by atoms with E-state index in [0.717, 1.165) is 22.8 Å². The van der Waals surface area contributed by atoms with Gasteiger partial charge < -0.3 is 0 Å². The fourth-order valence-corrected chi connectivity index (χ4v) is 3.07. The van der Waals surface area contributed by atoms with Gasteiger partial charge in [-0.05, 0) is 37.1 Å². The number of hydrogen-bond acceptors (Lipinski definition) is 2. The molecular formula is C13H15ClOS. The predicted molar refractivity (Wildman–Crippen MR) is 68.9 cm³/mol. The Labute approximate surface area is 106 Å². The number of carbonyl (C=O) groups is 1. The summed E-state index contributed by atoms with van der Waals surface area (Å²) in [7, 11) is 0. The Kier molecular flexibility index (Phi) is 4.30. The molecule has 0 unspecified atom stereocenters. The Morgan fingerprint density at radius 3 is 2.38 bits per heavy atom. The molecule has 0 bridgehead atoms. The summed E-state index contributed by atoms with van der Waals surface area (Å²) >= 11 is 7.16. The van der Waals surface area contributed by atoms with E-state index >= 15 is 0 Å². The molecule has 3 heteroatoms. The largest absolute Gasteiger partial charge is 0.287 e. The molecule has 0 N–H and O–H groups in total. The van der Waals surface area contributed by atoms with Gasteiger partial charge in [-0.1, -0.05) is 42.6 Å². The van der Waals surface area contributed by atoms with Gasteiger partial charge in [0.15, 0.2) is 5.12 Å². The quantitative estimate of drug-likeness (QED) is 0.721. The number of halogens is 1. The zero-order valence-electron chi connectivity index (χ0n) is 9.12. The Morgan fingerprint density at radius 2 is 1.75 bits per heavy atom. The number of benzene rings is 1. The zero-order valence-corrected chi connectivity index (χ0v) is 10.7. The monoisotopic (exact) mass is 254 g/mol. The van der Waals surface area contributed by atoms with Gasteiger partial charge in [-0.2, -0.15) is 0 Å². The molecule has 1 aromatic rings. The van der Waals surface area contributed by atoms with Gasteiger partial charge in [0, 0.05) is 15.8 Å². The number of hydrogen-bond donors (Lipinski definition) is 0. The predicted octanol–water partition coefficient (Wildman–Crippen LogP) is 4.54. The van der Waals surface area contributed by atoms with Crippen molar-refractivity contribution in [1.29, 1.82) is 0 Å². The van der Waals surface area contributed by atoms with Crippen LogP contribution in [-0.2, 0) is 4.79 Å². The molecule has 1 nitrogen and oxygen atoms in total. The normalized spacial score (nSPS) is 17.3. The van der Waals surface area contributed by atoms with Gasteiger partial charge in [0.05, 0.1) is 0 Å². The first-order chi connectivity index (χ1) is 7.75. The van der Waals surface area contributed by atoms with Gasteiger partial charge in [0.25, 0.3) is 0 Å². The van der Waals surface area contributed by atoms with E-state index in [1.807, 2.05) is 24.3 Å². The van der Waals surface area contributed by atoms with Crippen molar-refractivity contribution in [3.63, 3.8) is 0 Å². The molecule has 0 amide bonds. The van der Waals surface area contributed by atoms with Crippen LogP contribution in [0.1, 0.15) is 32.1 Å². The summed E-state index contributed by atoms with van der Waals surface area (Å²) in [6.07, 6.45) is 5.84. The van der Waals surface area contributed by atoms with E-state index in [1.165, 1.54) is 31.0 Å². The zero-order chi connectivity index (χ0) is 11.4. The van der Waals surface area contributed by atoms with Crippen LogP contribution in [0, 0.1) is 5.92 Å². The first-order valence-electron chi connectivity index (χ1n) is 5.73. The summed E-state index contributed by atoms with van der Waals surface area (Å²) in [6.45, 7) is 0. The van der Waals surface area contributed by atoms with Crippen LogP contribution in [-0.4, -0.2) is 5.12 Å². The van der Waals surface area contributed by atoms with Crippen LogP contribution < -0.4 is 0 Å². The van der Waals surface area contributed by atoms with E-state index in [2.05, 4.69) is 0 Å². The van der Waals surface area contributed by atoms with Gasteiger partial charge in [-0.3, -0.25) is 4.79 Å². The van der Waals surface area contributed by atoms with Crippen molar-refractivity contribution in [3.8, 4) is 0 Å². The first-order valence-corrected chi connectivity index (χ1v) is 6.92.